The number of rotatable bonds is 6. The van der Waals surface area contributed by atoms with Crippen molar-refractivity contribution in [1.29, 1.82) is 0 Å². The monoisotopic (exact) mass is 428 g/mol. The molecule has 3 rings (SSSR count). The summed E-state index contributed by atoms with van der Waals surface area (Å²) in [5.74, 6) is -0.414. The van der Waals surface area contributed by atoms with Gasteiger partial charge in [-0.05, 0) is 74.4 Å². The van der Waals surface area contributed by atoms with Gasteiger partial charge in [-0.15, -0.1) is 0 Å². The topological polar surface area (TPSA) is 68.2 Å². The fraction of sp³-hybridized carbons (Fsp3) is 0.261. The Bertz CT molecular complexity index is 1160. The zero-order valence-corrected chi connectivity index (χ0v) is 18.3. The van der Waals surface area contributed by atoms with Crippen LogP contribution in [0.15, 0.2) is 59.5 Å². The van der Waals surface area contributed by atoms with Crippen molar-refractivity contribution in [1.82, 2.24) is 9.88 Å². The quantitative estimate of drug-likeness (QED) is 0.644. The van der Waals surface area contributed by atoms with E-state index in [0.29, 0.717) is 0 Å². The van der Waals surface area contributed by atoms with Gasteiger partial charge < -0.3 is 9.88 Å². The van der Waals surface area contributed by atoms with Crippen LogP contribution in [0.25, 0.3) is 16.9 Å². The van der Waals surface area contributed by atoms with Crippen molar-refractivity contribution in [2.45, 2.75) is 38.1 Å². The zero-order chi connectivity index (χ0) is 22.1. The highest BCUT2D eigenvalue weighted by Crippen LogP contribution is 2.30. The summed E-state index contributed by atoms with van der Waals surface area (Å²) < 4.78 is 39.0. The first kappa shape index (κ1) is 21.8. The lowest BCUT2D eigenvalue weighted by Crippen LogP contribution is -2.31. The molecule has 0 aliphatic rings. The van der Waals surface area contributed by atoms with Gasteiger partial charge in [0.1, 0.15) is 5.82 Å². The third kappa shape index (κ3) is 4.79. The Balaban J connectivity index is 2.11. The molecule has 0 spiro atoms. The van der Waals surface area contributed by atoms with Crippen LogP contribution in [0.5, 0.6) is 0 Å². The SMILES string of the molecule is Cc1c(CC(=O)NC(C)C)cc(-c2ccc(S(C)(=O)=O)cc2)n1-c1ccc(F)cc1. The second-order valence-corrected chi connectivity index (χ2v) is 9.66. The standard InChI is InChI=1S/C23H25FN2O3S/c1-15(2)25-23(27)14-18-13-22(17-5-11-21(12-6-17)30(4,28)29)26(16(18)3)20-9-7-19(24)8-10-20/h5-13,15H,14H2,1-4H3,(H,25,27). The van der Waals surface area contributed by atoms with Gasteiger partial charge in [0.05, 0.1) is 17.0 Å². The molecule has 0 aliphatic carbocycles. The van der Waals surface area contributed by atoms with Crippen LogP contribution in [0.3, 0.4) is 0 Å². The van der Waals surface area contributed by atoms with Gasteiger partial charge in [0.25, 0.3) is 0 Å². The highest BCUT2D eigenvalue weighted by molar-refractivity contribution is 7.90. The van der Waals surface area contributed by atoms with Gasteiger partial charge in [-0.1, -0.05) is 12.1 Å². The molecule has 0 unspecified atom stereocenters. The van der Waals surface area contributed by atoms with Crippen molar-refractivity contribution in [3.8, 4) is 16.9 Å². The fourth-order valence-corrected chi connectivity index (χ4v) is 4.02. The highest BCUT2D eigenvalue weighted by atomic mass is 32.2. The maximum absolute atomic E-state index is 13.5. The lowest BCUT2D eigenvalue weighted by molar-refractivity contribution is -0.120. The number of carbonyl (C=O) groups is 1. The van der Waals surface area contributed by atoms with Crippen LogP contribution >= 0.6 is 0 Å². The molecule has 0 saturated heterocycles. The molecule has 5 nitrogen and oxygen atoms in total. The molecule has 3 aromatic rings. The predicted octanol–water partition coefficient (Wildman–Crippen LogP) is 4.06. The van der Waals surface area contributed by atoms with Gasteiger partial charge in [0.15, 0.2) is 9.84 Å². The molecular weight excluding hydrogens is 403 g/mol. The molecular formula is C23H25FN2O3S. The normalized spacial score (nSPS) is 11.7. The molecule has 2 aromatic carbocycles. The zero-order valence-electron chi connectivity index (χ0n) is 17.4. The summed E-state index contributed by atoms with van der Waals surface area (Å²) in [6, 6.07) is 14.7. The molecule has 30 heavy (non-hydrogen) atoms. The molecule has 0 bridgehead atoms. The molecule has 0 atom stereocenters. The van der Waals surface area contributed by atoms with Gasteiger partial charge in [-0.3, -0.25) is 4.79 Å². The van der Waals surface area contributed by atoms with E-state index < -0.39 is 9.84 Å². The molecule has 0 saturated carbocycles. The minimum atomic E-state index is -3.30. The summed E-state index contributed by atoms with van der Waals surface area (Å²) in [7, 11) is -3.30. The number of nitrogens with zero attached hydrogens (tertiary/aromatic N) is 1. The molecule has 7 heteroatoms. The number of carbonyl (C=O) groups excluding carboxylic acids is 1. The van der Waals surface area contributed by atoms with Crippen LogP contribution in [-0.2, 0) is 21.1 Å². The molecule has 0 fully saturated rings. The Hall–Kier alpha value is -2.93. The van der Waals surface area contributed by atoms with Crippen molar-refractivity contribution < 1.29 is 17.6 Å². The molecule has 158 valence electrons. The minimum absolute atomic E-state index is 0.0417. The number of hydrogen-bond donors (Lipinski definition) is 1. The number of halogens is 1. The summed E-state index contributed by atoms with van der Waals surface area (Å²) in [6.07, 6.45) is 1.38. The van der Waals surface area contributed by atoms with Crippen molar-refractivity contribution in [3.63, 3.8) is 0 Å². The molecule has 1 aromatic heterocycles. The predicted molar refractivity (Wildman–Crippen MR) is 116 cm³/mol. The number of hydrogen-bond acceptors (Lipinski definition) is 3. The van der Waals surface area contributed by atoms with E-state index in [1.807, 2.05) is 31.4 Å². The highest BCUT2D eigenvalue weighted by Gasteiger charge is 2.18. The summed E-state index contributed by atoms with van der Waals surface area (Å²) in [6.45, 7) is 5.72. The summed E-state index contributed by atoms with van der Waals surface area (Å²) >= 11 is 0. The molecule has 0 radical (unpaired) electrons. The Labute approximate surface area is 176 Å². The second-order valence-electron chi connectivity index (χ2n) is 7.65. The van der Waals surface area contributed by atoms with Gasteiger partial charge >= 0.3 is 0 Å². The van der Waals surface area contributed by atoms with Crippen LogP contribution in [-0.4, -0.2) is 31.2 Å². The van der Waals surface area contributed by atoms with Crippen LogP contribution in [0.4, 0.5) is 4.39 Å². The number of amides is 1. The Morgan fingerprint density at radius 1 is 1.07 bits per heavy atom. The molecule has 1 amide bonds. The van der Waals surface area contributed by atoms with Crippen LogP contribution in [0, 0.1) is 12.7 Å². The van der Waals surface area contributed by atoms with E-state index in [4.69, 9.17) is 0 Å². The number of aromatic nitrogens is 1. The molecule has 0 aliphatic heterocycles. The van der Waals surface area contributed by atoms with Gasteiger partial charge in [0, 0.05) is 23.7 Å². The van der Waals surface area contributed by atoms with Crippen LogP contribution in [0.2, 0.25) is 0 Å². The third-order valence-electron chi connectivity index (χ3n) is 4.82. The lowest BCUT2D eigenvalue weighted by Gasteiger charge is -2.13. The Morgan fingerprint density at radius 2 is 1.67 bits per heavy atom. The molecule has 1 N–H and O–H groups in total. The number of nitrogens with one attached hydrogen (secondary N) is 1. The van der Waals surface area contributed by atoms with Crippen LogP contribution < -0.4 is 5.32 Å². The number of benzene rings is 2. The van der Waals surface area contributed by atoms with Gasteiger partial charge in [-0.2, -0.15) is 0 Å². The van der Waals surface area contributed by atoms with Crippen molar-refractivity contribution >= 4 is 15.7 Å². The lowest BCUT2D eigenvalue weighted by atomic mass is 10.1. The largest absolute Gasteiger partial charge is 0.354 e. The summed E-state index contributed by atoms with van der Waals surface area (Å²) in [5.41, 5.74) is 4.06. The first-order valence-electron chi connectivity index (χ1n) is 9.63. The fourth-order valence-electron chi connectivity index (χ4n) is 3.39. The average Bonchev–Trinajstić information content (AvgIpc) is 2.97. The Morgan fingerprint density at radius 3 is 2.20 bits per heavy atom. The van der Waals surface area contributed by atoms with Crippen molar-refractivity contribution in [2.24, 2.45) is 0 Å². The van der Waals surface area contributed by atoms with Gasteiger partial charge in [-0.25, -0.2) is 12.8 Å². The first-order valence-corrected chi connectivity index (χ1v) is 11.5. The van der Waals surface area contributed by atoms with Gasteiger partial charge in [0.2, 0.25) is 5.91 Å². The Kier molecular flexibility index (Phi) is 6.12. The smallest absolute Gasteiger partial charge is 0.224 e. The minimum Gasteiger partial charge on any atom is -0.354 e. The van der Waals surface area contributed by atoms with E-state index in [1.165, 1.54) is 18.4 Å². The van der Waals surface area contributed by atoms with E-state index in [0.717, 1.165) is 28.2 Å². The number of sulfone groups is 1. The summed E-state index contributed by atoms with van der Waals surface area (Å²) in [5, 5.41) is 2.89. The third-order valence-corrected chi connectivity index (χ3v) is 5.94. The van der Waals surface area contributed by atoms with E-state index >= 15 is 0 Å². The second kappa shape index (κ2) is 8.44. The van der Waals surface area contributed by atoms with Crippen molar-refractivity contribution in [3.05, 3.63) is 71.7 Å². The average molecular weight is 429 g/mol. The van der Waals surface area contributed by atoms with Crippen LogP contribution in [0.1, 0.15) is 25.1 Å². The van der Waals surface area contributed by atoms with E-state index in [-0.39, 0.29) is 29.1 Å². The maximum atomic E-state index is 13.5. The van der Waals surface area contributed by atoms with Crippen molar-refractivity contribution in [2.75, 3.05) is 6.26 Å². The summed E-state index contributed by atoms with van der Waals surface area (Å²) in [4.78, 5) is 12.6. The molecule has 1 heterocycles. The maximum Gasteiger partial charge on any atom is 0.224 e. The van der Waals surface area contributed by atoms with E-state index in [2.05, 4.69) is 5.32 Å². The van der Waals surface area contributed by atoms with E-state index in [9.17, 15) is 17.6 Å². The van der Waals surface area contributed by atoms with E-state index in [1.54, 1.807) is 36.4 Å². The first-order chi connectivity index (χ1) is 14.1.